The molecule has 0 aliphatic rings. The van der Waals surface area contributed by atoms with Crippen LogP contribution in [0.4, 0.5) is 0 Å². The Morgan fingerprint density at radius 1 is 1.21 bits per heavy atom. The molecular formula is C15H15BrClNO. The zero-order valence-electron chi connectivity index (χ0n) is 10.6. The van der Waals surface area contributed by atoms with Crippen molar-refractivity contribution in [3.05, 3.63) is 63.1 Å². The first kappa shape index (κ1) is 14.4. The van der Waals surface area contributed by atoms with Gasteiger partial charge in [-0.05, 0) is 36.8 Å². The maximum absolute atomic E-state index is 6.14. The Morgan fingerprint density at radius 2 is 1.89 bits per heavy atom. The second kappa shape index (κ2) is 6.42. The molecule has 19 heavy (non-hydrogen) atoms. The molecule has 100 valence electrons. The predicted octanol–water partition coefficient (Wildman–Crippen LogP) is 4.70. The maximum atomic E-state index is 6.14. The summed E-state index contributed by atoms with van der Waals surface area (Å²) in [5, 5.41) is 0.696. The number of halogens is 2. The van der Waals surface area contributed by atoms with Crippen LogP contribution < -0.4 is 10.5 Å². The molecule has 0 bridgehead atoms. The largest absolute Gasteiger partial charge is 0.489 e. The van der Waals surface area contributed by atoms with Crippen LogP contribution in [0.3, 0.4) is 0 Å². The average molecular weight is 341 g/mol. The summed E-state index contributed by atoms with van der Waals surface area (Å²) >= 11 is 9.51. The van der Waals surface area contributed by atoms with E-state index in [1.54, 1.807) is 0 Å². The van der Waals surface area contributed by atoms with Crippen molar-refractivity contribution in [1.82, 2.24) is 0 Å². The third kappa shape index (κ3) is 3.96. The van der Waals surface area contributed by atoms with Crippen LogP contribution >= 0.6 is 27.5 Å². The molecule has 0 saturated heterocycles. The molecule has 0 amide bonds. The lowest BCUT2D eigenvalue weighted by molar-refractivity contribution is 0.306. The molecular weight excluding hydrogens is 326 g/mol. The van der Waals surface area contributed by atoms with Gasteiger partial charge in [0.25, 0.3) is 0 Å². The van der Waals surface area contributed by atoms with Crippen molar-refractivity contribution in [3.8, 4) is 5.75 Å². The summed E-state index contributed by atoms with van der Waals surface area (Å²) in [6.45, 7) is 2.40. The standard InChI is InChI=1S/C15H15BrClNO/c1-10(18)11-3-6-14(7-4-11)19-9-12-2-5-13(16)8-15(12)17/h2-8,10H,9,18H2,1H3. The van der Waals surface area contributed by atoms with Crippen LogP contribution in [0.2, 0.25) is 5.02 Å². The number of ether oxygens (including phenoxy) is 1. The van der Waals surface area contributed by atoms with Crippen molar-refractivity contribution in [2.45, 2.75) is 19.6 Å². The molecule has 0 saturated carbocycles. The second-order valence-electron chi connectivity index (χ2n) is 4.38. The molecule has 1 atom stereocenters. The third-order valence-electron chi connectivity index (χ3n) is 2.82. The summed E-state index contributed by atoms with van der Waals surface area (Å²) in [7, 11) is 0. The van der Waals surface area contributed by atoms with Gasteiger partial charge in [-0.15, -0.1) is 0 Å². The molecule has 0 aliphatic carbocycles. The summed E-state index contributed by atoms with van der Waals surface area (Å²) in [5.74, 6) is 0.809. The van der Waals surface area contributed by atoms with Gasteiger partial charge in [-0.25, -0.2) is 0 Å². The average Bonchev–Trinajstić information content (AvgIpc) is 2.38. The lowest BCUT2D eigenvalue weighted by Gasteiger charge is -2.10. The predicted molar refractivity (Wildman–Crippen MR) is 82.5 cm³/mol. The van der Waals surface area contributed by atoms with E-state index in [-0.39, 0.29) is 6.04 Å². The molecule has 0 aliphatic heterocycles. The van der Waals surface area contributed by atoms with E-state index in [0.717, 1.165) is 21.3 Å². The van der Waals surface area contributed by atoms with Gasteiger partial charge in [-0.3, -0.25) is 0 Å². The van der Waals surface area contributed by atoms with E-state index in [0.29, 0.717) is 11.6 Å². The van der Waals surface area contributed by atoms with E-state index < -0.39 is 0 Å². The fourth-order valence-electron chi connectivity index (χ4n) is 1.67. The molecule has 2 aromatic carbocycles. The lowest BCUT2D eigenvalue weighted by Crippen LogP contribution is -2.04. The van der Waals surface area contributed by atoms with Crippen molar-refractivity contribution in [1.29, 1.82) is 0 Å². The minimum absolute atomic E-state index is 0.0370. The second-order valence-corrected chi connectivity index (χ2v) is 5.70. The van der Waals surface area contributed by atoms with E-state index in [4.69, 9.17) is 22.1 Å². The molecule has 0 spiro atoms. The van der Waals surface area contributed by atoms with E-state index >= 15 is 0 Å². The number of hydrogen-bond donors (Lipinski definition) is 1. The van der Waals surface area contributed by atoms with Gasteiger partial charge in [0.15, 0.2) is 0 Å². The van der Waals surface area contributed by atoms with Crippen molar-refractivity contribution < 1.29 is 4.74 Å². The number of benzene rings is 2. The Morgan fingerprint density at radius 3 is 2.47 bits per heavy atom. The van der Waals surface area contributed by atoms with Gasteiger partial charge < -0.3 is 10.5 Å². The minimum atomic E-state index is 0.0370. The van der Waals surface area contributed by atoms with Crippen molar-refractivity contribution in [3.63, 3.8) is 0 Å². The Balaban J connectivity index is 2.02. The normalized spacial score (nSPS) is 12.2. The fraction of sp³-hybridized carbons (Fsp3) is 0.200. The molecule has 2 nitrogen and oxygen atoms in total. The first-order valence-electron chi connectivity index (χ1n) is 5.98. The smallest absolute Gasteiger partial charge is 0.119 e. The van der Waals surface area contributed by atoms with E-state index in [1.165, 1.54) is 0 Å². The van der Waals surface area contributed by atoms with Gasteiger partial charge in [0.05, 0.1) is 0 Å². The monoisotopic (exact) mass is 339 g/mol. The maximum Gasteiger partial charge on any atom is 0.119 e. The first-order chi connectivity index (χ1) is 9.06. The molecule has 2 N–H and O–H groups in total. The molecule has 0 radical (unpaired) electrons. The number of nitrogens with two attached hydrogens (primary N) is 1. The van der Waals surface area contributed by atoms with Crippen molar-refractivity contribution >= 4 is 27.5 Å². The highest BCUT2D eigenvalue weighted by Crippen LogP contribution is 2.23. The molecule has 1 unspecified atom stereocenters. The highest BCUT2D eigenvalue weighted by molar-refractivity contribution is 9.10. The summed E-state index contributed by atoms with van der Waals surface area (Å²) < 4.78 is 6.67. The van der Waals surface area contributed by atoms with Crippen LogP contribution in [0, 0.1) is 0 Å². The molecule has 4 heteroatoms. The van der Waals surface area contributed by atoms with Gasteiger partial charge in [0.2, 0.25) is 0 Å². The Kier molecular flexibility index (Phi) is 4.86. The van der Waals surface area contributed by atoms with Gasteiger partial charge in [-0.1, -0.05) is 45.7 Å². The SMILES string of the molecule is CC(N)c1ccc(OCc2ccc(Br)cc2Cl)cc1. The van der Waals surface area contributed by atoms with Gasteiger partial charge in [0.1, 0.15) is 12.4 Å². The number of rotatable bonds is 4. The topological polar surface area (TPSA) is 35.2 Å². The highest BCUT2D eigenvalue weighted by atomic mass is 79.9. The Labute approximate surface area is 126 Å². The zero-order chi connectivity index (χ0) is 13.8. The molecule has 2 aromatic rings. The molecule has 0 aromatic heterocycles. The van der Waals surface area contributed by atoms with Crippen molar-refractivity contribution in [2.24, 2.45) is 5.73 Å². The van der Waals surface area contributed by atoms with Gasteiger partial charge >= 0.3 is 0 Å². The summed E-state index contributed by atoms with van der Waals surface area (Å²) in [6.07, 6.45) is 0. The first-order valence-corrected chi connectivity index (χ1v) is 7.15. The molecule has 0 fully saturated rings. The van der Waals surface area contributed by atoms with Crippen molar-refractivity contribution in [2.75, 3.05) is 0 Å². The van der Waals surface area contributed by atoms with Crippen LogP contribution in [0.25, 0.3) is 0 Å². The van der Waals surface area contributed by atoms with E-state index in [2.05, 4.69) is 15.9 Å². The zero-order valence-corrected chi connectivity index (χ0v) is 12.9. The number of hydrogen-bond acceptors (Lipinski definition) is 2. The Hall–Kier alpha value is -1.03. The minimum Gasteiger partial charge on any atom is -0.489 e. The van der Waals surface area contributed by atoms with E-state index in [9.17, 15) is 0 Å². The lowest BCUT2D eigenvalue weighted by atomic mass is 10.1. The Bertz CT molecular complexity index is 555. The van der Waals surface area contributed by atoms with Crippen LogP contribution in [0.15, 0.2) is 46.9 Å². The van der Waals surface area contributed by atoms with Crippen LogP contribution in [-0.4, -0.2) is 0 Å². The summed E-state index contributed by atoms with van der Waals surface area (Å²) in [6, 6.07) is 13.6. The summed E-state index contributed by atoms with van der Waals surface area (Å²) in [4.78, 5) is 0. The third-order valence-corrected chi connectivity index (χ3v) is 3.66. The van der Waals surface area contributed by atoms with Gasteiger partial charge in [0, 0.05) is 21.1 Å². The van der Waals surface area contributed by atoms with Gasteiger partial charge in [-0.2, -0.15) is 0 Å². The van der Waals surface area contributed by atoms with Crippen LogP contribution in [0.1, 0.15) is 24.1 Å². The fourth-order valence-corrected chi connectivity index (χ4v) is 2.40. The van der Waals surface area contributed by atoms with Crippen LogP contribution in [-0.2, 0) is 6.61 Å². The van der Waals surface area contributed by atoms with E-state index in [1.807, 2.05) is 49.4 Å². The molecule has 0 heterocycles. The molecule has 2 rings (SSSR count). The summed E-state index contributed by atoms with van der Waals surface area (Å²) in [5.41, 5.74) is 7.85. The highest BCUT2D eigenvalue weighted by Gasteiger charge is 2.03. The van der Waals surface area contributed by atoms with Crippen LogP contribution in [0.5, 0.6) is 5.75 Å². The quantitative estimate of drug-likeness (QED) is 0.875.